The molecule has 1 aliphatic rings. The molecule has 0 atom stereocenters. The highest BCUT2D eigenvalue weighted by molar-refractivity contribution is 7.15. The number of rotatable bonds is 9. The van der Waals surface area contributed by atoms with Gasteiger partial charge < -0.3 is 10.1 Å². The van der Waals surface area contributed by atoms with Gasteiger partial charge in [-0.1, -0.05) is 20.3 Å². The van der Waals surface area contributed by atoms with Crippen molar-refractivity contribution in [1.82, 2.24) is 15.3 Å². The molecule has 0 saturated carbocycles. The number of aromatic nitrogens is 2. The third kappa shape index (κ3) is 5.05. The van der Waals surface area contributed by atoms with E-state index in [0.717, 1.165) is 48.6 Å². The van der Waals surface area contributed by atoms with Gasteiger partial charge in [0.25, 0.3) is 0 Å². The largest absolute Gasteiger partial charge is 0.481 e. The molecule has 1 aliphatic heterocycles. The molecule has 1 N–H and O–H groups in total. The molecule has 0 radical (unpaired) electrons. The molecular formula is C24H29N3O2S2. The van der Waals surface area contributed by atoms with Crippen LogP contribution in [0.4, 0.5) is 0 Å². The number of Topliss-reactive ketones (excluding diaryl/α,β-unsaturated/α-hetero) is 1. The molecule has 0 unspecified atom stereocenters. The van der Waals surface area contributed by atoms with Gasteiger partial charge in [0, 0.05) is 46.3 Å². The first-order valence-corrected chi connectivity index (χ1v) is 12.6. The van der Waals surface area contributed by atoms with E-state index in [9.17, 15) is 4.79 Å². The van der Waals surface area contributed by atoms with Crippen molar-refractivity contribution >= 4 is 28.5 Å². The number of ketones is 1. The van der Waals surface area contributed by atoms with Gasteiger partial charge in [-0.05, 0) is 43.0 Å². The fourth-order valence-corrected chi connectivity index (χ4v) is 6.34. The highest BCUT2D eigenvalue weighted by Crippen LogP contribution is 2.42. The Morgan fingerprint density at radius 1 is 1.35 bits per heavy atom. The van der Waals surface area contributed by atoms with Crippen molar-refractivity contribution < 1.29 is 9.53 Å². The molecule has 4 rings (SSSR count). The fraction of sp³-hybridized carbons (Fsp3) is 0.458. The number of carbonyl (C=O) groups is 1. The lowest BCUT2D eigenvalue weighted by Crippen LogP contribution is -2.22. The summed E-state index contributed by atoms with van der Waals surface area (Å²) < 4.78 is 5.42. The molecule has 0 aliphatic carbocycles. The number of nitrogens with zero attached hydrogens (tertiary/aromatic N) is 2. The van der Waals surface area contributed by atoms with Crippen LogP contribution in [0.1, 0.15) is 48.4 Å². The Morgan fingerprint density at radius 2 is 2.23 bits per heavy atom. The molecule has 5 nitrogen and oxygen atoms in total. The zero-order chi connectivity index (χ0) is 21.8. The van der Waals surface area contributed by atoms with Crippen molar-refractivity contribution in [1.29, 1.82) is 0 Å². The van der Waals surface area contributed by atoms with Crippen LogP contribution >= 0.6 is 22.7 Å². The van der Waals surface area contributed by atoms with Gasteiger partial charge in [-0.3, -0.25) is 4.79 Å². The molecule has 0 spiro atoms. The summed E-state index contributed by atoms with van der Waals surface area (Å²) in [5, 5.41) is 6.52. The summed E-state index contributed by atoms with van der Waals surface area (Å²) >= 11 is 3.42. The minimum absolute atomic E-state index is 0.333. The molecule has 0 fully saturated rings. The van der Waals surface area contributed by atoms with Crippen molar-refractivity contribution in [2.45, 2.75) is 52.5 Å². The van der Waals surface area contributed by atoms with Gasteiger partial charge >= 0.3 is 0 Å². The van der Waals surface area contributed by atoms with Crippen LogP contribution in [0.3, 0.4) is 0 Å². The van der Waals surface area contributed by atoms with E-state index < -0.39 is 0 Å². The Morgan fingerprint density at radius 3 is 3.03 bits per heavy atom. The van der Waals surface area contributed by atoms with Gasteiger partial charge in [0.2, 0.25) is 5.88 Å². The number of nitrogens with one attached hydrogen (secondary N) is 1. The van der Waals surface area contributed by atoms with Crippen LogP contribution in [-0.2, 0) is 24.2 Å². The van der Waals surface area contributed by atoms with Crippen LogP contribution in [0.2, 0.25) is 0 Å². The summed E-state index contributed by atoms with van der Waals surface area (Å²) in [6.45, 7) is 6.26. The second-order valence-electron chi connectivity index (χ2n) is 8.33. The third-order valence-electron chi connectivity index (χ3n) is 5.55. The number of hydrogen-bond acceptors (Lipinski definition) is 7. The zero-order valence-electron chi connectivity index (χ0n) is 18.4. The normalized spacial score (nSPS) is 13.4. The van der Waals surface area contributed by atoms with Gasteiger partial charge in [0.1, 0.15) is 10.8 Å². The second-order valence-corrected chi connectivity index (χ2v) is 10.4. The van der Waals surface area contributed by atoms with Crippen LogP contribution in [0.25, 0.3) is 21.8 Å². The lowest BCUT2D eigenvalue weighted by Gasteiger charge is -2.13. The van der Waals surface area contributed by atoms with Gasteiger partial charge in [0.05, 0.1) is 18.4 Å². The number of ether oxygens (including phenoxy) is 1. The second kappa shape index (κ2) is 10.0. The van der Waals surface area contributed by atoms with Gasteiger partial charge in [0.15, 0.2) is 0 Å². The maximum atomic E-state index is 12.7. The minimum Gasteiger partial charge on any atom is -0.481 e. The molecular weight excluding hydrogens is 426 g/mol. The van der Waals surface area contributed by atoms with Crippen molar-refractivity contribution in [3.8, 4) is 27.7 Å². The average Bonchev–Trinajstić information content (AvgIpc) is 3.37. The van der Waals surface area contributed by atoms with Crippen molar-refractivity contribution in [3.63, 3.8) is 0 Å². The van der Waals surface area contributed by atoms with Crippen LogP contribution in [0.5, 0.6) is 5.88 Å². The molecule has 7 heteroatoms. The van der Waals surface area contributed by atoms with Crippen molar-refractivity contribution in [2.75, 3.05) is 13.7 Å². The SMILES string of the molecule is COc1ncccc1-c1csc(-c2c(CC(=O)CCCC(C)C)sc3c2CCNC3)n1. The smallest absolute Gasteiger partial charge is 0.222 e. The van der Waals surface area contributed by atoms with E-state index in [0.29, 0.717) is 30.4 Å². The topological polar surface area (TPSA) is 64.1 Å². The Labute approximate surface area is 191 Å². The lowest BCUT2D eigenvalue weighted by atomic mass is 9.99. The quantitative estimate of drug-likeness (QED) is 0.460. The molecule has 3 aromatic rings. The van der Waals surface area contributed by atoms with Crippen LogP contribution < -0.4 is 10.1 Å². The molecule has 0 bridgehead atoms. The van der Waals surface area contributed by atoms with Crippen LogP contribution in [-0.4, -0.2) is 29.4 Å². The highest BCUT2D eigenvalue weighted by atomic mass is 32.1. The van der Waals surface area contributed by atoms with E-state index in [1.807, 2.05) is 12.1 Å². The summed E-state index contributed by atoms with van der Waals surface area (Å²) in [7, 11) is 1.63. The monoisotopic (exact) mass is 455 g/mol. The summed E-state index contributed by atoms with van der Waals surface area (Å²) in [4.78, 5) is 24.5. The first kappa shape index (κ1) is 22.1. The summed E-state index contributed by atoms with van der Waals surface area (Å²) in [6.07, 6.45) is 5.95. The maximum Gasteiger partial charge on any atom is 0.222 e. The van der Waals surface area contributed by atoms with Crippen molar-refractivity contribution in [3.05, 3.63) is 39.0 Å². The number of hydrogen-bond donors (Lipinski definition) is 1. The number of carbonyl (C=O) groups excluding carboxylic acids is 1. The minimum atomic E-state index is 0.333. The fourth-order valence-electron chi connectivity index (χ4n) is 4.00. The molecule has 3 aromatic heterocycles. The molecule has 0 aromatic carbocycles. The molecule has 31 heavy (non-hydrogen) atoms. The first-order valence-electron chi connectivity index (χ1n) is 10.9. The third-order valence-corrected chi connectivity index (χ3v) is 7.65. The number of thiophene rings is 1. The molecule has 0 amide bonds. The van der Waals surface area contributed by atoms with E-state index in [2.05, 4.69) is 29.5 Å². The summed E-state index contributed by atoms with van der Waals surface area (Å²) in [5.41, 5.74) is 4.32. The Bertz CT molecular complexity index is 1060. The molecule has 164 valence electrons. The number of pyridine rings is 1. The average molecular weight is 456 g/mol. The Balaban J connectivity index is 1.64. The van der Waals surface area contributed by atoms with Gasteiger partial charge in [-0.25, -0.2) is 9.97 Å². The molecule has 0 saturated heterocycles. The van der Waals surface area contributed by atoms with Crippen LogP contribution in [0.15, 0.2) is 23.7 Å². The highest BCUT2D eigenvalue weighted by Gasteiger charge is 2.25. The number of methoxy groups -OCH3 is 1. The van der Waals surface area contributed by atoms with Crippen molar-refractivity contribution in [2.24, 2.45) is 5.92 Å². The summed E-state index contributed by atoms with van der Waals surface area (Å²) in [6, 6.07) is 3.88. The summed E-state index contributed by atoms with van der Waals surface area (Å²) in [5.74, 6) is 1.55. The van der Waals surface area contributed by atoms with E-state index in [1.165, 1.54) is 20.9 Å². The van der Waals surface area contributed by atoms with E-state index in [4.69, 9.17) is 9.72 Å². The van der Waals surface area contributed by atoms with Gasteiger partial charge in [-0.2, -0.15) is 0 Å². The standard InChI is InChI=1S/C24H29N3O2S2/c1-15(2)6-4-7-16(28)12-20-22(18-9-11-25-13-21(18)31-20)24-27-19(14-30-24)17-8-5-10-26-23(17)29-3/h5,8,10,14-15,25H,4,6-7,9,11-13H2,1-3H3. The van der Waals surface area contributed by atoms with Crippen LogP contribution in [0, 0.1) is 5.92 Å². The zero-order valence-corrected chi connectivity index (χ0v) is 20.0. The Kier molecular flexibility index (Phi) is 7.15. The van der Waals surface area contributed by atoms with E-state index >= 15 is 0 Å². The number of thiazole rings is 1. The maximum absolute atomic E-state index is 12.7. The van der Waals surface area contributed by atoms with E-state index in [-0.39, 0.29) is 0 Å². The van der Waals surface area contributed by atoms with Gasteiger partial charge in [-0.15, -0.1) is 22.7 Å². The predicted molar refractivity (Wildman–Crippen MR) is 128 cm³/mol. The lowest BCUT2D eigenvalue weighted by molar-refractivity contribution is -0.118. The number of fused-ring (bicyclic) bond motifs is 1. The van der Waals surface area contributed by atoms with E-state index in [1.54, 1.807) is 36.0 Å². The molecule has 4 heterocycles. The first-order chi connectivity index (χ1) is 15.1. The predicted octanol–water partition coefficient (Wildman–Crippen LogP) is 5.53. The Hall–Kier alpha value is -2.09.